The van der Waals surface area contributed by atoms with E-state index in [1.165, 1.54) is 5.56 Å². The molecule has 0 aromatic heterocycles. The molecular formula is C20H33N3O. The molecule has 24 heavy (non-hydrogen) atoms. The Morgan fingerprint density at radius 3 is 2.00 bits per heavy atom. The second-order valence-electron chi connectivity index (χ2n) is 8.94. The summed E-state index contributed by atoms with van der Waals surface area (Å²) >= 11 is 0. The average Bonchev–Trinajstić information content (AvgIpc) is 2.45. The third kappa shape index (κ3) is 4.73. The highest BCUT2D eigenvalue weighted by Crippen LogP contribution is 2.35. The molecule has 0 bridgehead atoms. The van der Waals surface area contributed by atoms with E-state index in [1.54, 1.807) is 0 Å². The van der Waals surface area contributed by atoms with Crippen molar-refractivity contribution in [3.8, 4) is 0 Å². The van der Waals surface area contributed by atoms with Gasteiger partial charge in [0.25, 0.3) is 0 Å². The van der Waals surface area contributed by atoms with Gasteiger partial charge in [-0.25, -0.2) is 4.79 Å². The molecule has 1 fully saturated rings. The molecule has 0 aliphatic carbocycles. The molecule has 134 valence electrons. The third-order valence-electron chi connectivity index (χ3n) is 4.73. The van der Waals surface area contributed by atoms with E-state index in [1.807, 2.05) is 26.8 Å². The minimum Gasteiger partial charge on any atom is -0.334 e. The number of rotatable bonds is 2. The summed E-state index contributed by atoms with van der Waals surface area (Å²) in [5.74, 6) is 0. The molecular weight excluding hydrogens is 298 g/mol. The lowest BCUT2D eigenvalue weighted by molar-refractivity contribution is 0.0651. The first-order valence-electron chi connectivity index (χ1n) is 8.93. The van der Waals surface area contributed by atoms with Crippen molar-refractivity contribution < 1.29 is 4.79 Å². The summed E-state index contributed by atoms with van der Waals surface area (Å²) in [6.07, 6.45) is 1.84. The number of urea groups is 1. The average molecular weight is 332 g/mol. The highest BCUT2D eigenvalue weighted by atomic mass is 16.2. The molecule has 0 saturated carbocycles. The number of carbonyl (C=O) groups is 1. The lowest BCUT2D eigenvalue weighted by Gasteiger charge is -2.47. The first kappa shape index (κ1) is 18.8. The number of hydrogen-bond donors (Lipinski definition) is 2. The van der Waals surface area contributed by atoms with Gasteiger partial charge < -0.3 is 10.6 Å². The zero-order valence-electron chi connectivity index (χ0n) is 16.1. The van der Waals surface area contributed by atoms with Gasteiger partial charge >= 0.3 is 6.03 Å². The minimum atomic E-state index is -0.293. The van der Waals surface area contributed by atoms with Crippen LogP contribution in [-0.4, -0.2) is 35.1 Å². The molecule has 4 nitrogen and oxygen atoms in total. The molecule has 2 amide bonds. The van der Waals surface area contributed by atoms with Gasteiger partial charge in [0.05, 0.1) is 5.54 Å². The standard InChI is InChI=1S/C20H33N3O/c1-18(2,3)21-17(24)22-20(16-10-8-7-9-11-16)12-14-23(15-13-20)19(4,5)6/h7-11H,12-15H2,1-6H3,(H2,21,22,24). The quantitative estimate of drug-likeness (QED) is 0.864. The molecule has 1 aliphatic heterocycles. The predicted octanol–water partition coefficient (Wildman–Crippen LogP) is 3.87. The van der Waals surface area contributed by atoms with Crippen LogP contribution in [0.3, 0.4) is 0 Å². The van der Waals surface area contributed by atoms with Crippen molar-refractivity contribution in [2.75, 3.05) is 13.1 Å². The Morgan fingerprint density at radius 1 is 1.00 bits per heavy atom. The van der Waals surface area contributed by atoms with Crippen LogP contribution in [0.4, 0.5) is 4.79 Å². The van der Waals surface area contributed by atoms with Crippen LogP contribution < -0.4 is 10.6 Å². The minimum absolute atomic E-state index is 0.0874. The molecule has 0 unspecified atom stereocenters. The Labute approximate surface area is 147 Å². The third-order valence-corrected chi connectivity index (χ3v) is 4.73. The summed E-state index contributed by atoms with van der Waals surface area (Å²) in [4.78, 5) is 15.0. The second kappa shape index (κ2) is 6.75. The Kier molecular flexibility index (Phi) is 5.28. The fraction of sp³-hybridized carbons (Fsp3) is 0.650. The largest absolute Gasteiger partial charge is 0.334 e. The molecule has 1 saturated heterocycles. The number of nitrogens with one attached hydrogen (secondary N) is 2. The van der Waals surface area contributed by atoms with Gasteiger partial charge in [0, 0.05) is 24.2 Å². The van der Waals surface area contributed by atoms with Gasteiger partial charge in [-0.2, -0.15) is 0 Å². The number of nitrogens with zero attached hydrogens (tertiary/aromatic N) is 1. The molecule has 1 heterocycles. The summed E-state index contributed by atoms with van der Waals surface area (Å²) in [6.45, 7) is 14.7. The molecule has 1 aromatic carbocycles. The van der Waals surface area contributed by atoms with Crippen molar-refractivity contribution in [2.24, 2.45) is 0 Å². The normalized spacial score (nSPS) is 18.9. The van der Waals surface area contributed by atoms with Crippen molar-refractivity contribution in [2.45, 2.75) is 71.0 Å². The molecule has 1 aliphatic rings. The van der Waals surface area contributed by atoms with Gasteiger partial charge in [0.15, 0.2) is 0 Å². The van der Waals surface area contributed by atoms with E-state index in [-0.39, 0.29) is 22.6 Å². The monoisotopic (exact) mass is 331 g/mol. The van der Waals surface area contributed by atoms with E-state index in [4.69, 9.17) is 0 Å². The zero-order chi connectivity index (χ0) is 18.0. The molecule has 4 heteroatoms. The van der Waals surface area contributed by atoms with Crippen molar-refractivity contribution >= 4 is 6.03 Å². The summed E-state index contributed by atoms with van der Waals surface area (Å²) in [7, 11) is 0. The molecule has 2 rings (SSSR count). The van der Waals surface area contributed by atoms with E-state index >= 15 is 0 Å². The number of benzene rings is 1. The van der Waals surface area contributed by atoms with Crippen LogP contribution in [0.25, 0.3) is 0 Å². The Hall–Kier alpha value is -1.55. The van der Waals surface area contributed by atoms with Crippen molar-refractivity contribution in [1.29, 1.82) is 0 Å². The van der Waals surface area contributed by atoms with E-state index in [0.717, 1.165) is 25.9 Å². The van der Waals surface area contributed by atoms with Crippen LogP contribution >= 0.6 is 0 Å². The van der Waals surface area contributed by atoms with Crippen LogP contribution in [0, 0.1) is 0 Å². The van der Waals surface area contributed by atoms with Gasteiger partial charge in [-0.05, 0) is 59.9 Å². The highest BCUT2D eigenvalue weighted by molar-refractivity contribution is 5.76. The highest BCUT2D eigenvalue weighted by Gasteiger charge is 2.40. The number of piperidine rings is 1. The van der Waals surface area contributed by atoms with Gasteiger partial charge in [-0.3, -0.25) is 4.90 Å². The van der Waals surface area contributed by atoms with Crippen LogP contribution in [0.5, 0.6) is 0 Å². The molecule has 0 spiro atoms. The fourth-order valence-electron chi connectivity index (χ4n) is 3.39. The first-order valence-corrected chi connectivity index (χ1v) is 8.93. The summed E-state index contributed by atoms with van der Waals surface area (Å²) in [5.41, 5.74) is 0.825. The smallest absolute Gasteiger partial charge is 0.315 e. The second-order valence-corrected chi connectivity index (χ2v) is 8.94. The zero-order valence-corrected chi connectivity index (χ0v) is 16.1. The van der Waals surface area contributed by atoms with E-state index in [0.29, 0.717) is 0 Å². The SMILES string of the molecule is CC(C)(C)NC(=O)NC1(c2ccccc2)CCN(C(C)(C)C)CC1. The topological polar surface area (TPSA) is 44.4 Å². The van der Waals surface area contributed by atoms with Crippen LogP contribution in [-0.2, 0) is 5.54 Å². The lowest BCUT2D eigenvalue weighted by atomic mass is 9.80. The Morgan fingerprint density at radius 2 is 1.54 bits per heavy atom. The summed E-state index contributed by atoms with van der Waals surface area (Å²) < 4.78 is 0. The van der Waals surface area contributed by atoms with Gasteiger partial charge in [-0.1, -0.05) is 30.3 Å². The van der Waals surface area contributed by atoms with E-state index < -0.39 is 0 Å². The van der Waals surface area contributed by atoms with Crippen LogP contribution in [0.1, 0.15) is 59.9 Å². The van der Waals surface area contributed by atoms with E-state index in [9.17, 15) is 4.79 Å². The van der Waals surface area contributed by atoms with Crippen LogP contribution in [0.2, 0.25) is 0 Å². The molecule has 1 aromatic rings. The maximum atomic E-state index is 12.5. The predicted molar refractivity (Wildman–Crippen MR) is 100 cm³/mol. The van der Waals surface area contributed by atoms with Crippen molar-refractivity contribution in [3.05, 3.63) is 35.9 Å². The first-order chi connectivity index (χ1) is 11.0. The fourth-order valence-corrected chi connectivity index (χ4v) is 3.39. The summed E-state index contributed by atoms with van der Waals surface area (Å²) in [5, 5.41) is 6.34. The van der Waals surface area contributed by atoms with Crippen molar-refractivity contribution in [3.63, 3.8) is 0 Å². The Bertz CT molecular complexity index is 546. The number of amides is 2. The van der Waals surface area contributed by atoms with Crippen molar-refractivity contribution in [1.82, 2.24) is 15.5 Å². The van der Waals surface area contributed by atoms with Gasteiger partial charge in [0.1, 0.15) is 0 Å². The number of carbonyl (C=O) groups excluding carboxylic acids is 1. The summed E-state index contributed by atoms with van der Waals surface area (Å²) in [6, 6.07) is 10.3. The van der Waals surface area contributed by atoms with Gasteiger partial charge in [-0.15, -0.1) is 0 Å². The maximum absolute atomic E-state index is 12.5. The molecule has 0 radical (unpaired) electrons. The van der Waals surface area contributed by atoms with Crippen LogP contribution in [0.15, 0.2) is 30.3 Å². The number of hydrogen-bond acceptors (Lipinski definition) is 2. The lowest BCUT2D eigenvalue weighted by Crippen LogP contribution is -2.59. The number of likely N-dealkylation sites (tertiary alicyclic amines) is 1. The van der Waals surface area contributed by atoms with Gasteiger partial charge in [0.2, 0.25) is 0 Å². The molecule has 2 N–H and O–H groups in total. The Balaban J connectivity index is 2.21. The molecule has 0 atom stereocenters. The maximum Gasteiger partial charge on any atom is 0.315 e. The van der Waals surface area contributed by atoms with E-state index in [2.05, 4.69) is 60.6 Å².